The highest BCUT2D eigenvalue weighted by atomic mass is 17.2. The van der Waals surface area contributed by atoms with E-state index in [1.165, 1.54) is 31.2 Å². The maximum absolute atomic E-state index is 12.3. The second-order valence-corrected chi connectivity index (χ2v) is 5.50. The SMILES string of the molecule is C=C(C)C(=O)OC(OCC)C(COC(=O)c1ccccc1C(=O)O)OOCC. The molecule has 1 aromatic rings. The Hall–Kier alpha value is -2.75. The lowest BCUT2D eigenvalue weighted by Crippen LogP contribution is -2.40. The monoisotopic (exact) mass is 396 g/mol. The normalized spacial score (nSPS) is 12.7. The second-order valence-electron chi connectivity index (χ2n) is 5.50. The van der Waals surface area contributed by atoms with Gasteiger partial charge in [-0.25, -0.2) is 24.2 Å². The minimum absolute atomic E-state index is 0.128. The molecule has 2 unspecified atom stereocenters. The number of carbonyl (C=O) groups is 3. The molecule has 0 spiro atoms. The average Bonchev–Trinajstić information content (AvgIpc) is 2.67. The van der Waals surface area contributed by atoms with Crippen molar-refractivity contribution in [3.8, 4) is 0 Å². The van der Waals surface area contributed by atoms with Crippen LogP contribution >= 0.6 is 0 Å². The number of ether oxygens (including phenoxy) is 3. The van der Waals surface area contributed by atoms with Gasteiger partial charge in [-0.05, 0) is 32.9 Å². The number of hydrogen-bond acceptors (Lipinski definition) is 8. The Morgan fingerprint density at radius 3 is 2.29 bits per heavy atom. The van der Waals surface area contributed by atoms with Crippen LogP contribution < -0.4 is 0 Å². The topological polar surface area (TPSA) is 118 Å². The molecule has 0 aliphatic carbocycles. The predicted molar refractivity (Wildman–Crippen MR) is 96.5 cm³/mol. The molecule has 154 valence electrons. The Labute approximate surface area is 162 Å². The van der Waals surface area contributed by atoms with Gasteiger partial charge in [0.25, 0.3) is 0 Å². The lowest BCUT2D eigenvalue weighted by Gasteiger charge is -2.25. The molecule has 1 aromatic carbocycles. The van der Waals surface area contributed by atoms with Crippen LogP contribution in [0.3, 0.4) is 0 Å². The molecular formula is C19H24O9. The Kier molecular flexibility index (Phi) is 9.86. The van der Waals surface area contributed by atoms with Gasteiger partial charge in [0.05, 0.1) is 17.7 Å². The van der Waals surface area contributed by atoms with Gasteiger partial charge in [0.1, 0.15) is 6.61 Å². The van der Waals surface area contributed by atoms with Crippen LogP contribution in [0.2, 0.25) is 0 Å². The lowest BCUT2D eigenvalue weighted by atomic mass is 10.1. The van der Waals surface area contributed by atoms with Crippen LogP contribution in [0.25, 0.3) is 0 Å². The van der Waals surface area contributed by atoms with E-state index < -0.39 is 36.9 Å². The van der Waals surface area contributed by atoms with Crippen LogP contribution in [-0.4, -0.2) is 55.2 Å². The first kappa shape index (κ1) is 23.3. The van der Waals surface area contributed by atoms with E-state index in [-0.39, 0.29) is 29.9 Å². The molecule has 0 bridgehead atoms. The molecule has 0 aliphatic rings. The fraction of sp³-hybridized carbons (Fsp3) is 0.421. The number of benzene rings is 1. The number of hydrogen-bond donors (Lipinski definition) is 1. The van der Waals surface area contributed by atoms with Gasteiger partial charge in [-0.3, -0.25) is 0 Å². The molecule has 1 N–H and O–H groups in total. The highest BCUT2D eigenvalue weighted by Gasteiger charge is 2.30. The van der Waals surface area contributed by atoms with E-state index in [1.54, 1.807) is 13.8 Å². The molecule has 2 atom stereocenters. The van der Waals surface area contributed by atoms with E-state index in [2.05, 4.69) is 6.58 Å². The van der Waals surface area contributed by atoms with Gasteiger partial charge in [0, 0.05) is 12.2 Å². The highest BCUT2D eigenvalue weighted by Crippen LogP contribution is 2.14. The van der Waals surface area contributed by atoms with Crippen LogP contribution in [0.5, 0.6) is 0 Å². The molecule has 0 radical (unpaired) electrons. The molecule has 0 heterocycles. The van der Waals surface area contributed by atoms with Gasteiger partial charge in [0.2, 0.25) is 6.29 Å². The molecule has 0 fully saturated rings. The van der Waals surface area contributed by atoms with E-state index >= 15 is 0 Å². The predicted octanol–water partition coefficient (Wildman–Crippen LogP) is 2.36. The van der Waals surface area contributed by atoms with Crippen LogP contribution in [0, 0.1) is 0 Å². The van der Waals surface area contributed by atoms with Crippen molar-refractivity contribution in [3.05, 3.63) is 47.5 Å². The summed E-state index contributed by atoms with van der Waals surface area (Å²) in [6.45, 7) is 8.24. The first-order valence-electron chi connectivity index (χ1n) is 8.57. The first-order valence-corrected chi connectivity index (χ1v) is 8.57. The third kappa shape index (κ3) is 7.10. The number of esters is 2. The van der Waals surface area contributed by atoms with Crippen molar-refractivity contribution in [1.82, 2.24) is 0 Å². The van der Waals surface area contributed by atoms with Gasteiger partial charge >= 0.3 is 17.9 Å². The molecule has 1 rings (SSSR count). The van der Waals surface area contributed by atoms with E-state index in [0.29, 0.717) is 0 Å². The van der Waals surface area contributed by atoms with Gasteiger partial charge in [-0.15, -0.1) is 0 Å². The van der Waals surface area contributed by atoms with Crippen molar-refractivity contribution in [2.24, 2.45) is 0 Å². The van der Waals surface area contributed by atoms with Gasteiger partial charge in [-0.2, -0.15) is 0 Å². The second kappa shape index (κ2) is 11.9. The van der Waals surface area contributed by atoms with Crippen LogP contribution in [-0.2, 0) is 28.8 Å². The van der Waals surface area contributed by atoms with Crippen molar-refractivity contribution in [2.75, 3.05) is 19.8 Å². The van der Waals surface area contributed by atoms with E-state index in [0.717, 1.165) is 0 Å². The highest BCUT2D eigenvalue weighted by molar-refractivity contribution is 6.02. The lowest BCUT2D eigenvalue weighted by molar-refractivity contribution is -0.361. The third-order valence-corrected chi connectivity index (χ3v) is 3.27. The van der Waals surface area contributed by atoms with Gasteiger partial charge < -0.3 is 19.3 Å². The first-order chi connectivity index (χ1) is 13.3. The number of aromatic carboxylic acids is 1. The van der Waals surface area contributed by atoms with E-state index in [1.807, 2.05) is 0 Å². The summed E-state index contributed by atoms with van der Waals surface area (Å²) < 4.78 is 15.7. The van der Waals surface area contributed by atoms with Crippen molar-refractivity contribution in [3.63, 3.8) is 0 Å². The van der Waals surface area contributed by atoms with E-state index in [9.17, 15) is 19.5 Å². The fourth-order valence-corrected chi connectivity index (χ4v) is 1.98. The molecule has 0 saturated heterocycles. The summed E-state index contributed by atoms with van der Waals surface area (Å²) >= 11 is 0. The third-order valence-electron chi connectivity index (χ3n) is 3.27. The number of carboxylic acids is 1. The Balaban J connectivity index is 2.92. The molecule has 0 amide bonds. The molecular weight excluding hydrogens is 372 g/mol. The van der Waals surface area contributed by atoms with Gasteiger partial charge in [0.15, 0.2) is 6.10 Å². The summed E-state index contributed by atoms with van der Waals surface area (Å²) in [5, 5.41) is 9.18. The Morgan fingerprint density at radius 2 is 1.75 bits per heavy atom. The molecule has 0 aliphatic heterocycles. The summed E-state index contributed by atoms with van der Waals surface area (Å²) in [5.41, 5.74) is -0.186. The zero-order valence-electron chi connectivity index (χ0n) is 16.0. The molecule has 0 aromatic heterocycles. The van der Waals surface area contributed by atoms with Crippen LogP contribution in [0.1, 0.15) is 41.5 Å². The molecule has 9 heteroatoms. The molecule has 9 nitrogen and oxygen atoms in total. The minimum atomic E-state index is -1.27. The molecule has 28 heavy (non-hydrogen) atoms. The summed E-state index contributed by atoms with van der Waals surface area (Å²) in [6.07, 6.45) is -2.34. The maximum Gasteiger partial charge on any atom is 0.339 e. The quantitative estimate of drug-likeness (QED) is 0.187. The largest absolute Gasteiger partial charge is 0.478 e. The Bertz CT molecular complexity index is 698. The summed E-state index contributed by atoms with van der Waals surface area (Å²) in [4.78, 5) is 45.4. The van der Waals surface area contributed by atoms with Crippen molar-refractivity contribution >= 4 is 17.9 Å². The standard InChI is InChI=1S/C19H24O9/c1-5-24-19(27-17(22)12(3)4)15(28-26-6-2)11-25-18(23)14-10-8-7-9-13(14)16(20)21/h7-10,15,19H,3,5-6,11H2,1-2,4H3,(H,20,21). The summed E-state index contributed by atoms with van der Waals surface area (Å²) in [7, 11) is 0. The van der Waals surface area contributed by atoms with Crippen molar-refractivity contribution in [1.29, 1.82) is 0 Å². The smallest absolute Gasteiger partial charge is 0.339 e. The minimum Gasteiger partial charge on any atom is -0.478 e. The Morgan fingerprint density at radius 1 is 1.11 bits per heavy atom. The number of carbonyl (C=O) groups excluding carboxylic acids is 2. The average molecular weight is 396 g/mol. The van der Waals surface area contributed by atoms with Gasteiger partial charge in [-0.1, -0.05) is 18.7 Å². The van der Waals surface area contributed by atoms with Crippen LogP contribution in [0.15, 0.2) is 36.4 Å². The zero-order valence-corrected chi connectivity index (χ0v) is 16.0. The molecule has 0 saturated carbocycles. The number of carboxylic acid groups (broad SMARTS) is 1. The number of rotatable bonds is 12. The zero-order chi connectivity index (χ0) is 21.1. The summed E-state index contributed by atoms with van der Waals surface area (Å²) in [6, 6.07) is 5.61. The van der Waals surface area contributed by atoms with E-state index in [4.69, 9.17) is 24.0 Å². The summed E-state index contributed by atoms with van der Waals surface area (Å²) in [5.74, 6) is -2.87. The maximum atomic E-state index is 12.3. The van der Waals surface area contributed by atoms with Crippen molar-refractivity contribution < 1.29 is 43.5 Å². The van der Waals surface area contributed by atoms with Crippen LogP contribution in [0.4, 0.5) is 0 Å². The fourth-order valence-electron chi connectivity index (χ4n) is 1.98. The van der Waals surface area contributed by atoms with Crippen molar-refractivity contribution in [2.45, 2.75) is 33.2 Å².